The number of likely N-dealkylation sites (tertiary alicyclic amines) is 1. The van der Waals surface area contributed by atoms with Crippen molar-refractivity contribution in [2.45, 2.75) is 45.6 Å². The summed E-state index contributed by atoms with van der Waals surface area (Å²) in [5, 5.41) is 0. The van der Waals surface area contributed by atoms with Crippen molar-refractivity contribution in [3.63, 3.8) is 0 Å². The van der Waals surface area contributed by atoms with Gasteiger partial charge in [-0.15, -0.1) is 11.3 Å². The Hall–Kier alpha value is -1.93. The molecule has 1 aliphatic rings. The Bertz CT molecular complexity index is 726. The van der Waals surface area contributed by atoms with E-state index in [9.17, 15) is 19.2 Å². The first kappa shape index (κ1) is 22.4. The van der Waals surface area contributed by atoms with Crippen LogP contribution in [0.1, 0.15) is 49.2 Å². The number of hydrogen-bond donors (Lipinski definition) is 0. The molecule has 0 bridgehead atoms. The van der Waals surface area contributed by atoms with Gasteiger partial charge in [0.15, 0.2) is 11.9 Å². The van der Waals surface area contributed by atoms with Crippen LogP contribution in [0.2, 0.25) is 4.34 Å². The molecule has 7 nitrogen and oxygen atoms in total. The van der Waals surface area contributed by atoms with Crippen LogP contribution in [0.25, 0.3) is 0 Å². The van der Waals surface area contributed by atoms with Gasteiger partial charge in [0.25, 0.3) is 5.91 Å². The summed E-state index contributed by atoms with van der Waals surface area (Å²) in [6.07, 6.45) is 0.0305. The molecule has 0 radical (unpaired) electrons. The molecular weight excluding hydrogens is 406 g/mol. The standard InChI is InChI=1S/C19H24ClNO6S/c1-3-26-19(25)13-8-10-21(11-9-13)18(24)12(2)27-17(23)7-4-14(22)15-5-6-16(20)28-15/h5-6,12-13H,3-4,7-11H2,1-2H3. The van der Waals surface area contributed by atoms with Gasteiger partial charge in [-0.2, -0.15) is 0 Å². The fourth-order valence-corrected chi connectivity index (χ4v) is 3.97. The molecule has 1 atom stereocenters. The van der Waals surface area contributed by atoms with Crippen LogP contribution in [0.3, 0.4) is 0 Å². The highest BCUT2D eigenvalue weighted by Gasteiger charge is 2.31. The smallest absolute Gasteiger partial charge is 0.309 e. The van der Waals surface area contributed by atoms with Gasteiger partial charge in [-0.25, -0.2) is 0 Å². The molecular formula is C19H24ClNO6S. The molecule has 154 valence electrons. The summed E-state index contributed by atoms with van der Waals surface area (Å²) in [7, 11) is 0. The SMILES string of the molecule is CCOC(=O)C1CCN(C(=O)C(C)OC(=O)CCC(=O)c2ccc(Cl)s2)CC1. The lowest BCUT2D eigenvalue weighted by Gasteiger charge is -2.32. The van der Waals surface area contributed by atoms with E-state index >= 15 is 0 Å². The molecule has 0 spiro atoms. The molecule has 1 aliphatic heterocycles. The minimum absolute atomic E-state index is 0.00151. The van der Waals surface area contributed by atoms with Crippen molar-refractivity contribution in [2.75, 3.05) is 19.7 Å². The molecule has 2 rings (SSSR count). The second-order valence-corrected chi connectivity index (χ2v) is 8.23. The third kappa shape index (κ3) is 6.31. The fourth-order valence-electron chi connectivity index (χ4n) is 2.96. The quantitative estimate of drug-likeness (QED) is 0.466. The summed E-state index contributed by atoms with van der Waals surface area (Å²) in [5.41, 5.74) is 0. The van der Waals surface area contributed by atoms with Gasteiger partial charge in [-0.05, 0) is 38.8 Å². The Morgan fingerprint density at radius 2 is 1.89 bits per heavy atom. The molecule has 0 aliphatic carbocycles. The van der Waals surface area contributed by atoms with Crippen molar-refractivity contribution in [1.82, 2.24) is 4.90 Å². The first-order valence-corrected chi connectivity index (χ1v) is 10.4. The van der Waals surface area contributed by atoms with Gasteiger partial charge in [-0.3, -0.25) is 19.2 Å². The number of rotatable bonds is 8. The van der Waals surface area contributed by atoms with Gasteiger partial charge in [0.1, 0.15) is 0 Å². The number of carbonyl (C=O) groups is 4. The summed E-state index contributed by atoms with van der Waals surface area (Å²) in [5.74, 6) is -1.51. The van der Waals surface area contributed by atoms with Gasteiger partial charge >= 0.3 is 11.9 Å². The zero-order valence-corrected chi connectivity index (χ0v) is 17.5. The molecule has 1 aromatic rings. The van der Waals surface area contributed by atoms with E-state index in [-0.39, 0.29) is 36.4 Å². The van der Waals surface area contributed by atoms with Crippen molar-refractivity contribution in [1.29, 1.82) is 0 Å². The number of ketones is 1. The largest absolute Gasteiger partial charge is 0.466 e. The summed E-state index contributed by atoms with van der Waals surface area (Å²) >= 11 is 6.95. The van der Waals surface area contributed by atoms with Crippen molar-refractivity contribution in [2.24, 2.45) is 5.92 Å². The maximum atomic E-state index is 12.5. The highest BCUT2D eigenvalue weighted by Crippen LogP contribution is 2.23. The maximum absolute atomic E-state index is 12.5. The second-order valence-electron chi connectivity index (χ2n) is 6.51. The normalized spacial score (nSPS) is 15.8. The monoisotopic (exact) mass is 429 g/mol. The van der Waals surface area contributed by atoms with Crippen LogP contribution in [0.5, 0.6) is 0 Å². The average Bonchev–Trinajstić information content (AvgIpc) is 3.12. The van der Waals surface area contributed by atoms with Gasteiger partial charge in [0.05, 0.1) is 28.2 Å². The number of nitrogens with zero attached hydrogens (tertiary/aromatic N) is 1. The Labute approximate surface area is 172 Å². The Morgan fingerprint density at radius 3 is 2.46 bits per heavy atom. The van der Waals surface area contributed by atoms with E-state index in [1.165, 1.54) is 6.92 Å². The predicted molar refractivity (Wildman–Crippen MR) is 104 cm³/mol. The molecule has 1 amide bonds. The third-order valence-electron chi connectivity index (χ3n) is 4.49. The van der Waals surface area contributed by atoms with Crippen LogP contribution in [0, 0.1) is 5.92 Å². The lowest BCUT2D eigenvalue weighted by atomic mass is 9.97. The van der Waals surface area contributed by atoms with Gasteiger partial charge < -0.3 is 14.4 Å². The number of ether oxygens (including phenoxy) is 2. The van der Waals surface area contributed by atoms with E-state index in [0.29, 0.717) is 41.8 Å². The van der Waals surface area contributed by atoms with E-state index in [2.05, 4.69) is 0 Å². The molecule has 1 saturated heterocycles. The number of halogens is 1. The topological polar surface area (TPSA) is 90.0 Å². The third-order valence-corrected chi connectivity index (χ3v) is 5.76. The minimum Gasteiger partial charge on any atom is -0.466 e. The van der Waals surface area contributed by atoms with E-state index in [1.54, 1.807) is 24.0 Å². The van der Waals surface area contributed by atoms with Crippen LogP contribution in [-0.2, 0) is 23.9 Å². The van der Waals surface area contributed by atoms with E-state index in [4.69, 9.17) is 21.1 Å². The van der Waals surface area contributed by atoms with Crippen molar-refractivity contribution in [3.05, 3.63) is 21.3 Å². The van der Waals surface area contributed by atoms with Gasteiger partial charge in [0, 0.05) is 19.5 Å². The fraction of sp³-hybridized carbons (Fsp3) is 0.579. The minimum atomic E-state index is -0.932. The first-order chi connectivity index (χ1) is 13.3. The average molecular weight is 430 g/mol. The number of esters is 2. The summed E-state index contributed by atoms with van der Waals surface area (Å²) in [4.78, 5) is 50.2. The number of amides is 1. The molecule has 9 heteroatoms. The van der Waals surface area contributed by atoms with Gasteiger partial charge in [0.2, 0.25) is 0 Å². The molecule has 28 heavy (non-hydrogen) atoms. The molecule has 2 heterocycles. The molecule has 0 N–H and O–H groups in total. The molecule has 1 aromatic heterocycles. The number of Topliss-reactive ketones (excluding diaryl/α,β-unsaturated/α-hetero) is 1. The van der Waals surface area contributed by atoms with Crippen molar-refractivity contribution >= 4 is 46.6 Å². The van der Waals surface area contributed by atoms with E-state index < -0.39 is 12.1 Å². The van der Waals surface area contributed by atoms with Crippen molar-refractivity contribution < 1.29 is 28.7 Å². The molecule has 1 fully saturated rings. The Morgan fingerprint density at radius 1 is 1.21 bits per heavy atom. The summed E-state index contributed by atoms with van der Waals surface area (Å²) in [6, 6.07) is 3.25. The Balaban J connectivity index is 1.73. The number of thiophene rings is 1. The zero-order valence-electron chi connectivity index (χ0n) is 15.9. The highest BCUT2D eigenvalue weighted by molar-refractivity contribution is 7.18. The van der Waals surface area contributed by atoms with Crippen molar-refractivity contribution in [3.8, 4) is 0 Å². The van der Waals surface area contributed by atoms with Gasteiger partial charge in [-0.1, -0.05) is 11.6 Å². The van der Waals surface area contributed by atoms with E-state index in [1.807, 2.05) is 0 Å². The lowest BCUT2D eigenvalue weighted by molar-refractivity contribution is -0.160. The molecule has 0 aromatic carbocycles. The van der Waals surface area contributed by atoms with Crippen LogP contribution >= 0.6 is 22.9 Å². The van der Waals surface area contributed by atoms with Crippen LogP contribution in [0.4, 0.5) is 0 Å². The number of piperidine rings is 1. The summed E-state index contributed by atoms with van der Waals surface area (Å²) in [6.45, 7) is 4.45. The van der Waals surface area contributed by atoms with E-state index in [0.717, 1.165) is 11.3 Å². The first-order valence-electron chi connectivity index (χ1n) is 9.25. The molecule has 0 saturated carbocycles. The Kier molecular flexibility index (Phi) is 8.44. The van der Waals surface area contributed by atoms with Crippen LogP contribution in [0.15, 0.2) is 12.1 Å². The second kappa shape index (κ2) is 10.6. The summed E-state index contributed by atoms with van der Waals surface area (Å²) < 4.78 is 10.7. The number of carbonyl (C=O) groups excluding carboxylic acids is 4. The molecule has 1 unspecified atom stereocenters. The zero-order chi connectivity index (χ0) is 20.7. The number of hydrogen-bond acceptors (Lipinski definition) is 7. The van der Waals surface area contributed by atoms with Crippen LogP contribution < -0.4 is 0 Å². The lowest BCUT2D eigenvalue weighted by Crippen LogP contribution is -2.45. The maximum Gasteiger partial charge on any atom is 0.309 e. The van der Waals surface area contributed by atoms with Crippen LogP contribution in [-0.4, -0.2) is 54.3 Å². The highest BCUT2D eigenvalue weighted by atomic mass is 35.5. The predicted octanol–water partition coefficient (Wildman–Crippen LogP) is 3.10.